The lowest BCUT2D eigenvalue weighted by Crippen LogP contribution is -2.13. The molecule has 0 N–H and O–H groups in total. The number of aromatic nitrogens is 2. The highest BCUT2D eigenvalue weighted by Crippen LogP contribution is 2.36. The first-order valence-corrected chi connectivity index (χ1v) is 5.40. The topological polar surface area (TPSA) is 17.8 Å². The summed E-state index contributed by atoms with van der Waals surface area (Å²) in [6.45, 7) is 1.62. The molecule has 0 bridgehead atoms. The molecule has 8 heteroatoms. The lowest BCUT2D eigenvalue weighted by molar-refractivity contribution is -0.143. The molecule has 0 aliphatic rings. The first-order chi connectivity index (χ1) is 9.09. The van der Waals surface area contributed by atoms with Crippen LogP contribution in [0.4, 0.5) is 26.3 Å². The first kappa shape index (κ1) is 14.4. The maximum absolute atomic E-state index is 12.8. The molecule has 0 unspecified atom stereocenters. The van der Waals surface area contributed by atoms with Gasteiger partial charge in [-0.1, -0.05) is 12.1 Å². The molecule has 0 aliphatic carbocycles. The van der Waals surface area contributed by atoms with E-state index < -0.39 is 23.7 Å². The van der Waals surface area contributed by atoms with E-state index in [2.05, 4.69) is 5.10 Å². The number of hydrogen-bond donors (Lipinski definition) is 0. The molecule has 0 fully saturated rings. The van der Waals surface area contributed by atoms with Crippen molar-refractivity contribution in [2.45, 2.75) is 19.3 Å². The fourth-order valence-electron chi connectivity index (χ4n) is 1.68. The summed E-state index contributed by atoms with van der Waals surface area (Å²) in [5.74, 6) is 0. The summed E-state index contributed by atoms with van der Waals surface area (Å²) in [6, 6.07) is 5.64. The Morgan fingerprint density at radius 2 is 1.60 bits per heavy atom. The van der Waals surface area contributed by atoms with E-state index in [4.69, 9.17) is 0 Å². The lowest BCUT2D eigenvalue weighted by atomic mass is 10.2. The number of hydrogen-bond acceptors (Lipinski definition) is 1. The Labute approximate surface area is 109 Å². The minimum Gasteiger partial charge on any atom is -0.228 e. The standard InChI is InChI=1S/C12H8F6N2/c1-7-3-2-4-8(5-7)20-10(12(16,17)18)6-9(19-20)11(13,14)15/h2-6H,1H3. The smallest absolute Gasteiger partial charge is 0.228 e. The van der Waals surface area contributed by atoms with Crippen molar-refractivity contribution in [1.29, 1.82) is 0 Å². The second-order valence-electron chi connectivity index (χ2n) is 4.16. The van der Waals surface area contributed by atoms with Crippen molar-refractivity contribution in [1.82, 2.24) is 9.78 Å². The third kappa shape index (κ3) is 2.78. The zero-order valence-corrected chi connectivity index (χ0v) is 10.0. The number of nitrogens with zero attached hydrogens (tertiary/aromatic N) is 2. The van der Waals surface area contributed by atoms with Gasteiger partial charge in [0.25, 0.3) is 0 Å². The average Bonchev–Trinajstić information content (AvgIpc) is 2.72. The molecular formula is C12H8F6N2. The normalized spacial score (nSPS) is 12.8. The third-order valence-corrected chi connectivity index (χ3v) is 2.54. The van der Waals surface area contributed by atoms with E-state index in [1.165, 1.54) is 18.2 Å². The van der Waals surface area contributed by atoms with E-state index >= 15 is 0 Å². The van der Waals surface area contributed by atoms with Gasteiger partial charge in [-0.05, 0) is 24.6 Å². The number of alkyl halides is 6. The van der Waals surface area contributed by atoms with Gasteiger partial charge in [0.1, 0.15) is 5.69 Å². The first-order valence-electron chi connectivity index (χ1n) is 5.40. The van der Waals surface area contributed by atoms with Crippen LogP contribution in [-0.4, -0.2) is 9.78 Å². The van der Waals surface area contributed by atoms with E-state index in [0.29, 0.717) is 5.56 Å². The van der Waals surface area contributed by atoms with E-state index in [9.17, 15) is 26.3 Å². The molecule has 0 amide bonds. The summed E-state index contributed by atoms with van der Waals surface area (Å²) in [7, 11) is 0. The molecule has 2 nitrogen and oxygen atoms in total. The molecule has 108 valence electrons. The summed E-state index contributed by atoms with van der Waals surface area (Å²) in [5, 5.41) is 3.03. The van der Waals surface area contributed by atoms with Crippen molar-refractivity contribution in [3.63, 3.8) is 0 Å². The Balaban J connectivity index is 2.65. The van der Waals surface area contributed by atoms with Crippen molar-refractivity contribution >= 4 is 0 Å². The van der Waals surface area contributed by atoms with E-state index in [-0.39, 0.29) is 16.4 Å². The molecule has 0 saturated carbocycles. The molecule has 0 saturated heterocycles. The van der Waals surface area contributed by atoms with Crippen molar-refractivity contribution in [3.8, 4) is 5.69 Å². The number of rotatable bonds is 1. The second-order valence-corrected chi connectivity index (χ2v) is 4.16. The highest BCUT2D eigenvalue weighted by atomic mass is 19.4. The number of benzene rings is 1. The Morgan fingerprint density at radius 3 is 2.10 bits per heavy atom. The van der Waals surface area contributed by atoms with E-state index in [1.54, 1.807) is 13.0 Å². The summed E-state index contributed by atoms with van der Waals surface area (Å²) in [5.41, 5.74) is -2.51. The Bertz CT molecular complexity index is 624. The van der Waals surface area contributed by atoms with Gasteiger partial charge in [0, 0.05) is 6.07 Å². The molecule has 1 aromatic carbocycles. The van der Waals surface area contributed by atoms with Crippen LogP contribution in [0.1, 0.15) is 17.0 Å². The maximum atomic E-state index is 12.8. The monoisotopic (exact) mass is 294 g/mol. The van der Waals surface area contributed by atoms with Gasteiger partial charge in [0.15, 0.2) is 5.69 Å². The second kappa shape index (κ2) is 4.53. The molecule has 0 radical (unpaired) electrons. The van der Waals surface area contributed by atoms with Crippen molar-refractivity contribution in [3.05, 3.63) is 47.3 Å². The van der Waals surface area contributed by atoms with Crippen LogP contribution in [0.15, 0.2) is 30.3 Å². The van der Waals surface area contributed by atoms with Crippen LogP contribution in [0.3, 0.4) is 0 Å². The molecular weight excluding hydrogens is 286 g/mol. The highest BCUT2D eigenvalue weighted by Gasteiger charge is 2.42. The number of aryl methyl sites for hydroxylation is 1. The van der Waals surface area contributed by atoms with Crippen molar-refractivity contribution < 1.29 is 26.3 Å². The zero-order valence-electron chi connectivity index (χ0n) is 10.0. The van der Waals surface area contributed by atoms with Crippen molar-refractivity contribution in [2.75, 3.05) is 0 Å². The van der Waals surface area contributed by atoms with Gasteiger partial charge in [-0.2, -0.15) is 31.4 Å². The minimum atomic E-state index is -4.94. The van der Waals surface area contributed by atoms with Gasteiger partial charge in [-0.15, -0.1) is 0 Å². The molecule has 1 aromatic heterocycles. The van der Waals surface area contributed by atoms with Gasteiger partial charge in [0.2, 0.25) is 0 Å². The van der Waals surface area contributed by atoms with E-state index in [1.807, 2.05) is 0 Å². The summed E-state index contributed by atoms with van der Waals surface area (Å²) >= 11 is 0. The van der Waals surface area contributed by atoms with Crippen LogP contribution < -0.4 is 0 Å². The maximum Gasteiger partial charge on any atom is 0.435 e. The Kier molecular flexibility index (Phi) is 3.27. The van der Waals surface area contributed by atoms with Crippen LogP contribution in [0, 0.1) is 6.92 Å². The molecule has 20 heavy (non-hydrogen) atoms. The molecule has 1 heterocycles. The lowest BCUT2D eigenvalue weighted by Gasteiger charge is -2.10. The quantitative estimate of drug-likeness (QED) is 0.720. The van der Waals surface area contributed by atoms with Crippen LogP contribution in [0.25, 0.3) is 5.69 Å². The summed E-state index contributed by atoms with van der Waals surface area (Å²) in [6.07, 6.45) is -9.87. The van der Waals surface area contributed by atoms with Gasteiger partial charge in [-0.25, -0.2) is 4.68 Å². The predicted octanol–water partition coefficient (Wildman–Crippen LogP) is 4.22. The van der Waals surface area contributed by atoms with E-state index in [0.717, 1.165) is 0 Å². The minimum absolute atomic E-state index is 0.00231. The average molecular weight is 294 g/mol. The number of halogens is 6. The molecule has 0 spiro atoms. The summed E-state index contributed by atoms with van der Waals surface area (Å²) in [4.78, 5) is 0. The van der Waals surface area contributed by atoms with Crippen LogP contribution in [0.2, 0.25) is 0 Å². The fourth-order valence-corrected chi connectivity index (χ4v) is 1.68. The molecule has 0 atom stereocenters. The molecule has 0 aliphatic heterocycles. The van der Waals surface area contributed by atoms with Crippen LogP contribution >= 0.6 is 0 Å². The fraction of sp³-hybridized carbons (Fsp3) is 0.250. The Hall–Kier alpha value is -1.99. The highest BCUT2D eigenvalue weighted by molar-refractivity contribution is 5.37. The molecule has 2 rings (SSSR count). The molecule has 2 aromatic rings. The predicted molar refractivity (Wildman–Crippen MR) is 58.3 cm³/mol. The van der Waals surface area contributed by atoms with Gasteiger partial charge in [-0.3, -0.25) is 0 Å². The zero-order chi connectivity index (χ0) is 15.1. The van der Waals surface area contributed by atoms with Gasteiger partial charge in [0.05, 0.1) is 5.69 Å². The van der Waals surface area contributed by atoms with Crippen LogP contribution in [-0.2, 0) is 12.4 Å². The van der Waals surface area contributed by atoms with Crippen molar-refractivity contribution in [2.24, 2.45) is 0 Å². The van der Waals surface area contributed by atoms with Crippen LogP contribution in [0.5, 0.6) is 0 Å². The third-order valence-electron chi connectivity index (χ3n) is 2.54. The summed E-state index contributed by atoms with van der Waals surface area (Å²) < 4.78 is 76.2. The SMILES string of the molecule is Cc1cccc(-n2nc(C(F)(F)F)cc2C(F)(F)F)c1. The Morgan fingerprint density at radius 1 is 0.950 bits per heavy atom. The van der Waals surface area contributed by atoms with Gasteiger partial charge < -0.3 is 0 Å². The van der Waals surface area contributed by atoms with Gasteiger partial charge >= 0.3 is 12.4 Å². The largest absolute Gasteiger partial charge is 0.435 e.